The molecule has 0 unspecified atom stereocenters. The van der Waals surface area contributed by atoms with Crippen LogP contribution in [-0.2, 0) is 19.3 Å². The molecule has 3 heterocycles. The van der Waals surface area contributed by atoms with Crippen molar-refractivity contribution in [1.29, 1.82) is 0 Å². The number of urea groups is 1. The van der Waals surface area contributed by atoms with Crippen LogP contribution in [0.4, 0.5) is 10.5 Å². The van der Waals surface area contributed by atoms with E-state index in [0.717, 1.165) is 23.4 Å². The van der Waals surface area contributed by atoms with Crippen LogP contribution in [0.25, 0.3) is 16.6 Å². The van der Waals surface area contributed by atoms with E-state index in [1.807, 2.05) is 4.72 Å². The van der Waals surface area contributed by atoms with E-state index < -0.39 is 16.1 Å². The van der Waals surface area contributed by atoms with Crippen molar-refractivity contribution < 1.29 is 22.5 Å². The SMILES string of the molecule is NOOSc1ccc2ccn(-c3ccc(NC(=O)NS(=O)(=O)c4ccc(Cl)s4)cn3)c(=O)c2c1. The Hall–Kier alpha value is -2.98. The van der Waals surface area contributed by atoms with E-state index in [1.165, 1.54) is 35.0 Å². The van der Waals surface area contributed by atoms with Crippen LogP contribution in [0.1, 0.15) is 0 Å². The number of anilines is 1. The van der Waals surface area contributed by atoms with Gasteiger partial charge in [-0.25, -0.2) is 22.9 Å². The van der Waals surface area contributed by atoms with Gasteiger partial charge in [-0.3, -0.25) is 9.36 Å². The molecule has 0 spiro atoms. The zero-order valence-corrected chi connectivity index (χ0v) is 20.0. The van der Waals surface area contributed by atoms with Crippen molar-refractivity contribution >= 4 is 67.5 Å². The average Bonchev–Trinajstić information content (AvgIpc) is 3.26. The summed E-state index contributed by atoms with van der Waals surface area (Å²) in [4.78, 5) is 34.0. The van der Waals surface area contributed by atoms with E-state index >= 15 is 0 Å². The maximum atomic E-state index is 13.0. The average molecular weight is 540 g/mol. The topological polar surface area (TPSA) is 155 Å². The summed E-state index contributed by atoms with van der Waals surface area (Å²) >= 11 is 7.42. The quantitative estimate of drug-likeness (QED) is 0.182. The largest absolute Gasteiger partial charge is 0.333 e. The predicted molar refractivity (Wildman–Crippen MR) is 128 cm³/mol. The maximum Gasteiger partial charge on any atom is 0.333 e. The molecule has 0 saturated carbocycles. The molecule has 0 aliphatic carbocycles. The first-order valence-corrected chi connectivity index (χ1v) is 12.6. The highest BCUT2D eigenvalue weighted by Crippen LogP contribution is 2.25. The lowest BCUT2D eigenvalue weighted by Gasteiger charge is -2.10. The first kappa shape index (κ1) is 24.2. The third-order valence-corrected chi connectivity index (χ3v) is 7.99. The number of carbonyl (C=O) groups is 1. The molecule has 1 aromatic carbocycles. The van der Waals surface area contributed by atoms with E-state index in [4.69, 9.17) is 17.5 Å². The summed E-state index contributed by atoms with van der Waals surface area (Å²) in [7, 11) is -4.07. The van der Waals surface area contributed by atoms with Crippen molar-refractivity contribution in [2.45, 2.75) is 9.10 Å². The van der Waals surface area contributed by atoms with Gasteiger partial charge in [0.2, 0.25) is 0 Å². The Morgan fingerprint density at radius 3 is 2.68 bits per heavy atom. The molecule has 15 heteroatoms. The minimum atomic E-state index is -4.07. The highest BCUT2D eigenvalue weighted by atomic mass is 35.5. The van der Waals surface area contributed by atoms with Crippen LogP contribution in [0.5, 0.6) is 0 Å². The molecule has 3 aromatic heterocycles. The fourth-order valence-electron chi connectivity index (χ4n) is 2.88. The predicted octanol–water partition coefficient (Wildman–Crippen LogP) is 3.44. The minimum absolute atomic E-state index is 0.0968. The number of nitrogens with one attached hydrogen (secondary N) is 2. The molecule has 0 saturated heterocycles. The Balaban J connectivity index is 1.51. The number of nitrogens with zero attached hydrogens (tertiary/aromatic N) is 2. The van der Waals surface area contributed by atoms with Gasteiger partial charge in [0, 0.05) is 16.5 Å². The van der Waals surface area contributed by atoms with Gasteiger partial charge in [0.15, 0.2) is 0 Å². The van der Waals surface area contributed by atoms with Gasteiger partial charge in [-0.15, -0.1) is 20.7 Å². The molecular formula is C19H14ClN5O6S3. The van der Waals surface area contributed by atoms with Crippen LogP contribution in [0.3, 0.4) is 0 Å². The summed E-state index contributed by atoms with van der Waals surface area (Å²) in [5.41, 5.74) is -0.118. The second kappa shape index (κ2) is 10.1. The number of amides is 2. The lowest BCUT2D eigenvalue weighted by atomic mass is 10.2. The van der Waals surface area contributed by atoms with E-state index in [-0.39, 0.29) is 19.8 Å². The van der Waals surface area contributed by atoms with E-state index in [9.17, 15) is 18.0 Å². The lowest BCUT2D eigenvalue weighted by Crippen LogP contribution is -2.34. The zero-order chi connectivity index (χ0) is 24.3. The number of benzene rings is 1. The van der Waals surface area contributed by atoms with Crippen molar-refractivity contribution in [3.05, 3.63) is 75.6 Å². The second-order valence-electron chi connectivity index (χ2n) is 6.51. The van der Waals surface area contributed by atoms with Gasteiger partial charge in [-0.1, -0.05) is 17.7 Å². The summed E-state index contributed by atoms with van der Waals surface area (Å²) in [5, 5.41) is 3.50. The summed E-state index contributed by atoms with van der Waals surface area (Å²) in [6.45, 7) is 0. The highest BCUT2D eigenvalue weighted by Gasteiger charge is 2.20. The smallest absolute Gasteiger partial charge is 0.306 e. The molecule has 34 heavy (non-hydrogen) atoms. The molecule has 0 radical (unpaired) electrons. The number of aromatic nitrogens is 2. The molecule has 0 fully saturated rings. The van der Waals surface area contributed by atoms with Crippen molar-refractivity contribution in [3.8, 4) is 5.82 Å². The molecule has 0 bridgehead atoms. The monoisotopic (exact) mass is 539 g/mol. The maximum absolute atomic E-state index is 13.0. The van der Waals surface area contributed by atoms with E-state index in [1.54, 1.807) is 30.5 Å². The number of pyridine rings is 2. The van der Waals surface area contributed by atoms with Crippen LogP contribution in [-0.4, -0.2) is 24.0 Å². The Morgan fingerprint density at radius 1 is 1.18 bits per heavy atom. The van der Waals surface area contributed by atoms with Gasteiger partial charge in [0.05, 0.1) is 28.3 Å². The summed E-state index contributed by atoms with van der Waals surface area (Å²) in [6, 6.07) is 11.6. The van der Waals surface area contributed by atoms with Crippen molar-refractivity contribution in [3.63, 3.8) is 0 Å². The number of hydrogen-bond acceptors (Lipinski definition) is 10. The van der Waals surface area contributed by atoms with Crippen LogP contribution in [0.15, 0.2) is 74.8 Å². The van der Waals surface area contributed by atoms with Crippen LogP contribution in [0.2, 0.25) is 4.34 Å². The molecule has 4 rings (SSSR count). The number of halogens is 1. The van der Waals surface area contributed by atoms with Gasteiger partial charge < -0.3 is 5.32 Å². The number of carbonyl (C=O) groups excluding carboxylic acids is 1. The van der Waals surface area contributed by atoms with E-state index in [2.05, 4.69) is 19.6 Å². The minimum Gasteiger partial charge on any atom is -0.306 e. The van der Waals surface area contributed by atoms with Gasteiger partial charge in [0.1, 0.15) is 10.0 Å². The molecule has 11 nitrogen and oxygen atoms in total. The van der Waals surface area contributed by atoms with Gasteiger partial charge in [-0.2, -0.15) is 5.90 Å². The Morgan fingerprint density at radius 2 is 2.00 bits per heavy atom. The molecule has 4 aromatic rings. The Bertz CT molecular complexity index is 1520. The summed E-state index contributed by atoms with van der Waals surface area (Å²) in [6.07, 6.45) is 2.86. The molecule has 0 atom stereocenters. The van der Waals surface area contributed by atoms with Crippen molar-refractivity contribution in [2.75, 3.05) is 5.32 Å². The highest BCUT2D eigenvalue weighted by molar-refractivity contribution is 7.94. The van der Waals surface area contributed by atoms with Crippen molar-refractivity contribution in [2.24, 2.45) is 5.90 Å². The zero-order valence-electron chi connectivity index (χ0n) is 16.8. The lowest BCUT2D eigenvalue weighted by molar-refractivity contribution is -0.195. The first-order chi connectivity index (χ1) is 16.3. The molecule has 4 N–H and O–H groups in total. The van der Waals surface area contributed by atoms with Gasteiger partial charge in [0.25, 0.3) is 15.6 Å². The molecule has 0 aliphatic heterocycles. The number of nitrogens with two attached hydrogens (primary N) is 1. The fourth-order valence-corrected chi connectivity index (χ4v) is 5.68. The summed E-state index contributed by atoms with van der Waals surface area (Å²) < 4.78 is 32.4. The normalized spacial score (nSPS) is 11.5. The third kappa shape index (κ3) is 5.39. The fraction of sp³-hybridized carbons (Fsp3) is 0. The van der Waals surface area contributed by atoms with Crippen LogP contribution < -0.4 is 21.5 Å². The first-order valence-electron chi connectivity index (χ1n) is 9.18. The molecule has 176 valence electrons. The van der Waals surface area contributed by atoms with Gasteiger partial charge in [-0.05, 0) is 47.9 Å². The third-order valence-electron chi connectivity index (χ3n) is 4.34. The number of rotatable bonds is 7. The Labute approximate surface area is 205 Å². The molecule has 0 aliphatic rings. The standard InChI is InChI=1S/C19H14ClN5O6S3/c20-15-4-6-17(32-15)34(28,29)24-19(27)23-12-2-5-16(22-10-12)25-8-7-11-1-3-13(33-31-30-21)9-14(11)18(25)26/h1-10H,21H2,(H2,23,24,27). The van der Waals surface area contributed by atoms with E-state index in [0.29, 0.717) is 21.5 Å². The number of hydrogen-bond donors (Lipinski definition) is 3. The molecule has 2 amide bonds. The van der Waals surface area contributed by atoms with Crippen LogP contribution in [0, 0.1) is 0 Å². The van der Waals surface area contributed by atoms with Crippen LogP contribution >= 0.6 is 35.0 Å². The number of fused-ring (bicyclic) bond motifs is 1. The van der Waals surface area contributed by atoms with Crippen molar-refractivity contribution in [1.82, 2.24) is 14.3 Å². The number of thiophene rings is 1. The Kier molecular flexibility index (Phi) is 7.18. The molecular weight excluding hydrogens is 526 g/mol. The second-order valence-corrected chi connectivity index (χ2v) is 10.9. The van der Waals surface area contributed by atoms with Gasteiger partial charge >= 0.3 is 6.03 Å². The number of sulfonamides is 1. The summed E-state index contributed by atoms with van der Waals surface area (Å²) in [5.74, 6) is 5.13.